The third-order valence-electron chi connectivity index (χ3n) is 4.75. The van der Waals surface area contributed by atoms with Crippen LogP contribution in [0.15, 0.2) is 11.2 Å². The van der Waals surface area contributed by atoms with Crippen LogP contribution in [-0.2, 0) is 14.3 Å². The predicted octanol–water partition coefficient (Wildman–Crippen LogP) is 2.15. The molecule has 25 heavy (non-hydrogen) atoms. The van der Waals surface area contributed by atoms with Gasteiger partial charge in [-0.3, -0.25) is 0 Å². The molecule has 0 radical (unpaired) electrons. The largest absolute Gasteiger partial charge is 0.466 e. The molecule has 138 valence electrons. The standard InChI is InChI=1S/C17H25N3O4S/c1-22-11-12-4-8-20(9-5-12)13-10-14(19-16(18-13)25-3)24-17(6-7-17)15(21)23-2/h10,12H,4-9,11H2,1-3H3. The molecule has 1 aliphatic carbocycles. The molecule has 0 N–H and O–H groups in total. The van der Waals surface area contributed by atoms with E-state index in [1.165, 1.54) is 18.9 Å². The Morgan fingerprint density at radius 3 is 2.60 bits per heavy atom. The molecule has 8 heteroatoms. The highest BCUT2D eigenvalue weighted by Gasteiger charge is 2.54. The van der Waals surface area contributed by atoms with Gasteiger partial charge in [0.2, 0.25) is 11.5 Å². The third-order valence-corrected chi connectivity index (χ3v) is 5.30. The fraction of sp³-hybridized carbons (Fsp3) is 0.706. The Hall–Kier alpha value is -1.54. The number of carbonyl (C=O) groups is 1. The van der Waals surface area contributed by atoms with Gasteiger partial charge in [0.1, 0.15) is 5.82 Å². The molecular formula is C17H25N3O4S. The maximum Gasteiger partial charge on any atom is 0.350 e. The number of thioether (sulfide) groups is 1. The Kier molecular flexibility index (Phi) is 5.68. The fourth-order valence-electron chi connectivity index (χ4n) is 3.11. The van der Waals surface area contributed by atoms with Crippen LogP contribution in [0.3, 0.4) is 0 Å². The van der Waals surface area contributed by atoms with E-state index in [2.05, 4.69) is 14.9 Å². The van der Waals surface area contributed by atoms with E-state index in [4.69, 9.17) is 14.2 Å². The van der Waals surface area contributed by atoms with Crippen molar-refractivity contribution in [3.05, 3.63) is 6.07 Å². The number of carbonyl (C=O) groups excluding carboxylic acids is 1. The van der Waals surface area contributed by atoms with Crippen molar-refractivity contribution in [2.45, 2.75) is 36.4 Å². The van der Waals surface area contributed by atoms with Crippen molar-refractivity contribution in [3.8, 4) is 5.88 Å². The van der Waals surface area contributed by atoms with E-state index in [1.807, 2.05) is 12.3 Å². The van der Waals surface area contributed by atoms with Crippen molar-refractivity contribution in [2.75, 3.05) is 45.1 Å². The molecule has 2 aliphatic rings. The molecule has 0 unspecified atom stereocenters. The van der Waals surface area contributed by atoms with E-state index in [0.29, 0.717) is 29.8 Å². The monoisotopic (exact) mass is 367 g/mol. The van der Waals surface area contributed by atoms with Gasteiger partial charge < -0.3 is 19.1 Å². The number of aromatic nitrogens is 2. The summed E-state index contributed by atoms with van der Waals surface area (Å²) < 4.78 is 16.0. The number of hydrogen-bond donors (Lipinski definition) is 0. The fourth-order valence-corrected chi connectivity index (χ4v) is 3.48. The third kappa shape index (κ3) is 4.17. The zero-order valence-corrected chi connectivity index (χ0v) is 15.8. The van der Waals surface area contributed by atoms with E-state index in [9.17, 15) is 4.79 Å². The first kappa shape index (κ1) is 18.3. The first-order valence-corrected chi connectivity index (χ1v) is 9.77. The molecule has 7 nitrogen and oxygen atoms in total. The lowest BCUT2D eigenvalue weighted by atomic mass is 9.98. The van der Waals surface area contributed by atoms with Gasteiger partial charge in [-0.15, -0.1) is 0 Å². The van der Waals surface area contributed by atoms with Crippen LogP contribution in [0, 0.1) is 5.92 Å². The minimum Gasteiger partial charge on any atom is -0.466 e. The molecule has 2 fully saturated rings. The Labute approximate surface area is 152 Å². The van der Waals surface area contributed by atoms with Crippen LogP contribution in [0.1, 0.15) is 25.7 Å². The molecule has 1 saturated carbocycles. The van der Waals surface area contributed by atoms with Gasteiger partial charge in [-0.05, 0) is 25.0 Å². The van der Waals surface area contributed by atoms with E-state index < -0.39 is 5.60 Å². The zero-order valence-electron chi connectivity index (χ0n) is 15.0. The molecule has 2 heterocycles. The smallest absolute Gasteiger partial charge is 0.350 e. The first-order chi connectivity index (χ1) is 12.1. The van der Waals surface area contributed by atoms with Gasteiger partial charge >= 0.3 is 5.97 Å². The summed E-state index contributed by atoms with van der Waals surface area (Å²) in [4.78, 5) is 23.2. The van der Waals surface area contributed by atoms with E-state index >= 15 is 0 Å². The molecule has 0 spiro atoms. The topological polar surface area (TPSA) is 73.8 Å². The Morgan fingerprint density at radius 2 is 2.04 bits per heavy atom. The molecule has 1 aliphatic heterocycles. The number of hydrogen-bond acceptors (Lipinski definition) is 8. The normalized spacial score (nSPS) is 19.6. The van der Waals surface area contributed by atoms with Crippen molar-refractivity contribution in [1.29, 1.82) is 0 Å². The highest BCUT2D eigenvalue weighted by Crippen LogP contribution is 2.41. The Bertz CT molecular complexity index is 616. The van der Waals surface area contributed by atoms with Crippen LogP contribution in [-0.4, -0.2) is 61.7 Å². The van der Waals surface area contributed by atoms with Crippen molar-refractivity contribution in [1.82, 2.24) is 9.97 Å². The summed E-state index contributed by atoms with van der Waals surface area (Å²) in [7, 11) is 3.13. The first-order valence-electron chi connectivity index (χ1n) is 8.54. The second kappa shape index (κ2) is 7.78. The minimum absolute atomic E-state index is 0.334. The number of rotatable bonds is 7. The van der Waals surface area contributed by atoms with Crippen LogP contribution in [0.4, 0.5) is 5.82 Å². The predicted molar refractivity (Wildman–Crippen MR) is 95.2 cm³/mol. The summed E-state index contributed by atoms with van der Waals surface area (Å²) in [5.74, 6) is 1.56. The lowest BCUT2D eigenvalue weighted by Gasteiger charge is -2.32. The number of nitrogens with zero attached hydrogens (tertiary/aromatic N) is 3. The van der Waals surface area contributed by atoms with E-state index in [1.54, 1.807) is 7.11 Å². The lowest BCUT2D eigenvalue weighted by molar-refractivity contribution is -0.151. The number of anilines is 1. The van der Waals surface area contributed by atoms with E-state index in [-0.39, 0.29) is 5.97 Å². The molecule has 0 amide bonds. The summed E-state index contributed by atoms with van der Waals surface area (Å²) >= 11 is 1.47. The van der Waals surface area contributed by atoms with Crippen molar-refractivity contribution in [2.24, 2.45) is 5.92 Å². The maximum absolute atomic E-state index is 11.9. The zero-order chi connectivity index (χ0) is 17.9. The van der Waals surface area contributed by atoms with Crippen LogP contribution in [0.5, 0.6) is 5.88 Å². The number of methoxy groups -OCH3 is 2. The molecule has 0 bridgehead atoms. The quantitative estimate of drug-likeness (QED) is 0.412. The highest BCUT2D eigenvalue weighted by molar-refractivity contribution is 7.98. The second-order valence-electron chi connectivity index (χ2n) is 6.52. The van der Waals surface area contributed by atoms with Gasteiger partial charge in [-0.1, -0.05) is 11.8 Å². The van der Waals surface area contributed by atoms with Crippen LogP contribution >= 0.6 is 11.8 Å². The van der Waals surface area contributed by atoms with E-state index in [0.717, 1.165) is 38.4 Å². The number of piperidine rings is 1. The molecule has 3 rings (SSSR count). The highest BCUT2D eigenvalue weighted by atomic mass is 32.2. The average Bonchev–Trinajstić information content (AvgIpc) is 3.42. The molecule has 1 aromatic heterocycles. The van der Waals surface area contributed by atoms with Gasteiger partial charge in [-0.2, -0.15) is 4.98 Å². The summed E-state index contributed by atoms with van der Waals surface area (Å²) in [5.41, 5.74) is -0.860. The summed E-state index contributed by atoms with van der Waals surface area (Å²) in [5, 5.41) is 0.646. The number of ether oxygens (including phenoxy) is 3. The summed E-state index contributed by atoms with van der Waals surface area (Å²) in [6, 6.07) is 1.83. The van der Waals surface area contributed by atoms with Crippen molar-refractivity contribution < 1.29 is 19.0 Å². The number of esters is 1. The van der Waals surface area contributed by atoms with Gasteiger partial charge in [0.25, 0.3) is 0 Å². The van der Waals surface area contributed by atoms with Crippen molar-refractivity contribution >= 4 is 23.5 Å². The van der Waals surface area contributed by atoms with Crippen LogP contribution in [0.2, 0.25) is 0 Å². The average molecular weight is 367 g/mol. The molecule has 1 saturated heterocycles. The second-order valence-corrected chi connectivity index (χ2v) is 7.30. The Balaban J connectivity index is 1.74. The Morgan fingerprint density at radius 1 is 1.32 bits per heavy atom. The minimum atomic E-state index is -0.860. The summed E-state index contributed by atoms with van der Waals surface area (Å²) in [6.07, 6.45) is 5.41. The van der Waals surface area contributed by atoms with Crippen LogP contribution in [0.25, 0.3) is 0 Å². The van der Waals surface area contributed by atoms with Gasteiger partial charge in [-0.25, -0.2) is 9.78 Å². The molecule has 0 aromatic carbocycles. The van der Waals surface area contributed by atoms with Gasteiger partial charge in [0.05, 0.1) is 7.11 Å². The van der Waals surface area contributed by atoms with Crippen LogP contribution < -0.4 is 9.64 Å². The van der Waals surface area contributed by atoms with Gasteiger partial charge in [0.15, 0.2) is 5.16 Å². The van der Waals surface area contributed by atoms with Crippen molar-refractivity contribution in [3.63, 3.8) is 0 Å². The SMILES string of the molecule is COCC1CCN(c2cc(OC3(C(=O)OC)CC3)nc(SC)n2)CC1. The maximum atomic E-state index is 11.9. The molecular weight excluding hydrogens is 342 g/mol. The molecule has 0 atom stereocenters. The summed E-state index contributed by atoms with van der Waals surface area (Å²) in [6.45, 7) is 2.67. The molecule has 1 aromatic rings. The van der Waals surface area contributed by atoms with Gasteiger partial charge in [0, 0.05) is 45.7 Å². The lowest BCUT2D eigenvalue weighted by Crippen LogP contribution is -2.36.